The zero-order valence-corrected chi connectivity index (χ0v) is 11.8. The van der Waals surface area contributed by atoms with Crippen LogP contribution in [0.1, 0.15) is 19.8 Å². The molecule has 0 spiro atoms. The van der Waals surface area contributed by atoms with Crippen LogP contribution in [0.5, 0.6) is 17.2 Å². The zero-order chi connectivity index (χ0) is 15.2. The number of hydrogen-bond donors (Lipinski definition) is 2. The summed E-state index contributed by atoms with van der Waals surface area (Å²) in [5, 5.41) is 19.4. The molecule has 0 amide bonds. The lowest BCUT2D eigenvalue weighted by Crippen LogP contribution is -2.09. The molecule has 0 aliphatic carbocycles. The summed E-state index contributed by atoms with van der Waals surface area (Å²) in [6.45, 7) is 2.23. The number of unbranched alkanes of at least 4 members (excludes halogenated alkanes) is 1. The SMILES string of the molecule is CCCCOc1c(O)c2c(OCCO)cccc2oc1=O. The Balaban J connectivity index is 2.48. The molecule has 6 heteroatoms. The average Bonchev–Trinajstić information content (AvgIpc) is 2.48. The highest BCUT2D eigenvalue weighted by Gasteiger charge is 2.18. The van der Waals surface area contributed by atoms with Crippen molar-refractivity contribution >= 4 is 11.0 Å². The first-order chi connectivity index (χ1) is 10.2. The van der Waals surface area contributed by atoms with E-state index >= 15 is 0 Å². The van der Waals surface area contributed by atoms with E-state index in [9.17, 15) is 9.90 Å². The minimum Gasteiger partial charge on any atom is -0.503 e. The van der Waals surface area contributed by atoms with E-state index < -0.39 is 5.63 Å². The summed E-state index contributed by atoms with van der Waals surface area (Å²) in [6, 6.07) is 4.81. The maximum absolute atomic E-state index is 11.8. The van der Waals surface area contributed by atoms with E-state index in [0.29, 0.717) is 12.4 Å². The summed E-state index contributed by atoms with van der Waals surface area (Å²) < 4.78 is 15.8. The van der Waals surface area contributed by atoms with Gasteiger partial charge in [0.25, 0.3) is 0 Å². The first-order valence-electron chi connectivity index (χ1n) is 6.84. The molecule has 114 valence electrons. The van der Waals surface area contributed by atoms with Crippen molar-refractivity contribution in [3.05, 3.63) is 28.6 Å². The normalized spacial score (nSPS) is 10.8. The maximum Gasteiger partial charge on any atom is 0.383 e. The van der Waals surface area contributed by atoms with E-state index in [4.69, 9.17) is 19.0 Å². The minimum atomic E-state index is -0.726. The number of fused-ring (bicyclic) bond motifs is 1. The minimum absolute atomic E-state index is 0.0731. The molecule has 1 aromatic carbocycles. The second-order valence-corrected chi connectivity index (χ2v) is 4.47. The smallest absolute Gasteiger partial charge is 0.383 e. The fourth-order valence-corrected chi connectivity index (χ4v) is 1.91. The third kappa shape index (κ3) is 3.28. The first-order valence-corrected chi connectivity index (χ1v) is 6.84. The summed E-state index contributed by atoms with van der Waals surface area (Å²) in [6.07, 6.45) is 1.67. The first kappa shape index (κ1) is 15.2. The van der Waals surface area contributed by atoms with Crippen molar-refractivity contribution in [1.82, 2.24) is 0 Å². The highest BCUT2D eigenvalue weighted by atomic mass is 16.5. The molecule has 1 aromatic heterocycles. The molecule has 0 saturated carbocycles. The van der Waals surface area contributed by atoms with Crippen LogP contribution in [-0.2, 0) is 0 Å². The summed E-state index contributed by atoms with van der Waals surface area (Å²) in [7, 11) is 0. The molecule has 2 N–H and O–H groups in total. The second kappa shape index (κ2) is 6.99. The number of ether oxygens (including phenoxy) is 2. The Morgan fingerprint density at radius 3 is 2.76 bits per heavy atom. The van der Waals surface area contributed by atoms with Crippen LogP contribution in [-0.4, -0.2) is 30.0 Å². The monoisotopic (exact) mass is 294 g/mol. The fourth-order valence-electron chi connectivity index (χ4n) is 1.91. The zero-order valence-electron chi connectivity index (χ0n) is 11.8. The van der Waals surface area contributed by atoms with Gasteiger partial charge < -0.3 is 24.1 Å². The van der Waals surface area contributed by atoms with Crippen molar-refractivity contribution in [2.45, 2.75) is 19.8 Å². The van der Waals surface area contributed by atoms with Crippen LogP contribution < -0.4 is 15.1 Å². The fraction of sp³-hybridized carbons (Fsp3) is 0.400. The molecule has 21 heavy (non-hydrogen) atoms. The van der Waals surface area contributed by atoms with Gasteiger partial charge in [-0.2, -0.15) is 0 Å². The molecule has 0 atom stereocenters. The molecule has 2 aromatic rings. The van der Waals surface area contributed by atoms with Crippen molar-refractivity contribution < 1.29 is 24.1 Å². The van der Waals surface area contributed by atoms with Crippen LogP contribution in [0.2, 0.25) is 0 Å². The summed E-state index contributed by atoms with van der Waals surface area (Å²) in [4.78, 5) is 11.8. The standard InChI is InChI=1S/C15H18O6/c1-2-3-8-20-14-13(17)12-10(19-9-7-16)5-4-6-11(12)21-15(14)18/h4-6,16-17H,2-3,7-9H2,1H3. The van der Waals surface area contributed by atoms with E-state index in [1.165, 1.54) is 0 Å². The van der Waals surface area contributed by atoms with E-state index in [1.807, 2.05) is 6.92 Å². The number of aliphatic hydroxyl groups excluding tert-OH is 1. The number of hydrogen-bond acceptors (Lipinski definition) is 6. The van der Waals surface area contributed by atoms with Crippen LogP contribution in [0.15, 0.2) is 27.4 Å². The summed E-state index contributed by atoms with van der Waals surface area (Å²) >= 11 is 0. The van der Waals surface area contributed by atoms with Crippen LogP contribution in [0, 0.1) is 0 Å². The molecule has 2 rings (SSSR count). The molecule has 6 nitrogen and oxygen atoms in total. The topological polar surface area (TPSA) is 89.1 Å². The Morgan fingerprint density at radius 1 is 1.24 bits per heavy atom. The van der Waals surface area contributed by atoms with Crippen molar-refractivity contribution in [2.24, 2.45) is 0 Å². The van der Waals surface area contributed by atoms with Crippen LogP contribution in [0.3, 0.4) is 0 Å². The summed E-state index contributed by atoms with van der Waals surface area (Å²) in [5.74, 6) is -0.190. The Hall–Kier alpha value is -2.21. The molecule has 0 unspecified atom stereocenters. The van der Waals surface area contributed by atoms with Crippen molar-refractivity contribution in [2.75, 3.05) is 19.8 Å². The lowest BCUT2D eigenvalue weighted by atomic mass is 10.2. The van der Waals surface area contributed by atoms with Crippen LogP contribution >= 0.6 is 0 Å². The van der Waals surface area contributed by atoms with E-state index in [2.05, 4.69) is 0 Å². The van der Waals surface area contributed by atoms with Gasteiger partial charge in [0.15, 0.2) is 5.75 Å². The van der Waals surface area contributed by atoms with Gasteiger partial charge in [-0.1, -0.05) is 19.4 Å². The number of benzene rings is 1. The largest absolute Gasteiger partial charge is 0.503 e. The highest BCUT2D eigenvalue weighted by molar-refractivity contribution is 5.91. The molecule has 1 heterocycles. The van der Waals surface area contributed by atoms with Crippen LogP contribution in [0.25, 0.3) is 11.0 Å². The van der Waals surface area contributed by atoms with Gasteiger partial charge in [-0.05, 0) is 18.6 Å². The molecule has 0 saturated heterocycles. The molecule has 0 bridgehead atoms. The van der Waals surface area contributed by atoms with Crippen molar-refractivity contribution in [1.29, 1.82) is 0 Å². The van der Waals surface area contributed by atoms with E-state index in [0.717, 1.165) is 12.8 Å². The molecule has 0 aliphatic rings. The van der Waals surface area contributed by atoms with Gasteiger partial charge in [0, 0.05) is 0 Å². The van der Waals surface area contributed by atoms with Gasteiger partial charge in [0.1, 0.15) is 23.3 Å². The summed E-state index contributed by atoms with van der Waals surface area (Å²) in [5.41, 5.74) is -0.522. The average molecular weight is 294 g/mol. The lowest BCUT2D eigenvalue weighted by molar-refractivity contribution is 0.202. The predicted molar refractivity (Wildman–Crippen MR) is 77.1 cm³/mol. The quantitative estimate of drug-likeness (QED) is 0.600. The molecular formula is C15H18O6. The van der Waals surface area contributed by atoms with Gasteiger partial charge in [-0.15, -0.1) is 0 Å². The molecule has 0 radical (unpaired) electrons. The predicted octanol–water partition coefficient (Wildman–Crippen LogP) is 2.05. The van der Waals surface area contributed by atoms with Crippen LogP contribution in [0.4, 0.5) is 0 Å². The third-order valence-corrected chi connectivity index (χ3v) is 2.92. The maximum atomic E-state index is 11.8. The Labute approximate surface area is 121 Å². The van der Waals surface area contributed by atoms with Crippen molar-refractivity contribution in [3.8, 4) is 17.2 Å². The number of aliphatic hydroxyl groups is 1. The Kier molecular flexibility index (Phi) is 5.05. The highest BCUT2D eigenvalue weighted by Crippen LogP contribution is 2.37. The molecular weight excluding hydrogens is 276 g/mol. The third-order valence-electron chi connectivity index (χ3n) is 2.92. The van der Waals surface area contributed by atoms with Gasteiger partial charge in [0.05, 0.1) is 13.2 Å². The van der Waals surface area contributed by atoms with Gasteiger partial charge in [0.2, 0.25) is 5.75 Å². The van der Waals surface area contributed by atoms with Gasteiger partial charge in [-0.25, -0.2) is 4.79 Å². The number of aromatic hydroxyl groups is 1. The second-order valence-electron chi connectivity index (χ2n) is 4.47. The van der Waals surface area contributed by atoms with E-state index in [-0.39, 0.29) is 35.7 Å². The lowest BCUT2D eigenvalue weighted by Gasteiger charge is -2.11. The molecule has 0 fully saturated rings. The molecule has 0 aliphatic heterocycles. The number of rotatable bonds is 7. The Bertz CT molecular complexity index is 661. The van der Waals surface area contributed by atoms with Crippen molar-refractivity contribution in [3.63, 3.8) is 0 Å². The van der Waals surface area contributed by atoms with Gasteiger partial charge >= 0.3 is 5.63 Å². The van der Waals surface area contributed by atoms with E-state index in [1.54, 1.807) is 18.2 Å². The Morgan fingerprint density at radius 2 is 2.05 bits per heavy atom. The van der Waals surface area contributed by atoms with Gasteiger partial charge in [-0.3, -0.25) is 0 Å².